The van der Waals surface area contributed by atoms with Crippen molar-refractivity contribution in [1.29, 1.82) is 0 Å². The number of benzene rings is 2. The molecule has 0 radical (unpaired) electrons. The lowest BCUT2D eigenvalue weighted by atomic mass is 10.0. The Morgan fingerprint density at radius 3 is 2.74 bits per heavy atom. The van der Waals surface area contributed by atoms with Crippen molar-refractivity contribution >= 4 is 46.0 Å². The third-order valence-corrected chi connectivity index (χ3v) is 8.22. The molecule has 3 heterocycles. The van der Waals surface area contributed by atoms with Crippen LogP contribution in [-0.4, -0.2) is 45.1 Å². The Kier molecular flexibility index (Phi) is 8.40. The summed E-state index contributed by atoms with van der Waals surface area (Å²) >= 11 is 2.75. The van der Waals surface area contributed by atoms with Crippen molar-refractivity contribution in [3.63, 3.8) is 0 Å². The van der Waals surface area contributed by atoms with Gasteiger partial charge in [0.15, 0.2) is 5.16 Å². The molecule has 0 saturated heterocycles. The first-order chi connectivity index (χ1) is 19.0. The number of hydrogen-bond acceptors (Lipinski definition) is 10. The first kappa shape index (κ1) is 26.7. The largest absolute Gasteiger partial charge is 0.462 e. The van der Waals surface area contributed by atoms with Crippen molar-refractivity contribution < 1.29 is 14.5 Å². The molecule has 39 heavy (non-hydrogen) atoms. The molecule has 0 saturated carbocycles. The number of non-ortho nitro benzene ring substituents is 1. The third kappa shape index (κ3) is 6.39. The quantitative estimate of drug-likeness (QED) is 0.0797. The Morgan fingerprint density at radius 1 is 1.21 bits per heavy atom. The predicted octanol–water partition coefficient (Wildman–Crippen LogP) is 6.08. The molecule has 0 aliphatic carbocycles. The number of aromatic nitrogens is 2. The number of carbonyl (C=O) groups excluding carboxylic acids is 1. The molecule has 0 spiro atoms. The summed E-state index contributed by atoms with van der Waals surface area (Å²) in [4.78, 5) is 41.4. The van der Waals surface area contributed by atoms with Gasteiger partial charge < -0.3 is 4.74 Å². The summed E-state index contributed by atoms with van der Waals surface area (Å²) in [6.07, 6.45) is 5.56. The van der Waals surface area contributed by atoms with E-state index in [1.54, 1.807) is 37.7 Å². The van der Waals surface area contributed by atoms with Crippen molar-refractivity contribution in [2.75, 3.05) is 13.2 Å². The van der Waals surface area contributed by atoms with Crippen molar-refractivity contribution in [2.45, 2.75) is 36.5 Å². The molecule has 0 fully saturated rings. The highest BCUT2D eigenvalue weighted by molar-refractivity contribution is 7.99. The molecule has 0 amide bonds. The molecule has 0 N–H and O–H groups in total. The summed E-state index contributed by atoms with van der Waals surface area (Å²) in [5.41, 5.74) is 3.18. The van der Waals surface area contributed by atoms with E-state index in [1.807, 2.05) is 18.2 Å². The summed E-state index contributed by atoms with van der Waals surface area (Å²) in [5, 5.41) is 12.5. The van der Waals surface area contributed by atoms with Crippen LogP contribution in [0, 0.1) is 10.1 Å². The number of thiophene rings is 1. The second-order valence-corrected chi connectivity index (χ2v) is 10.8. The van der Waals surface area contributed by atoms with Gasteiger partial charge in [-0.05, 0) is 48.4 Å². The summed E-state index contributed by atoms with van der Waals surface area (Å²) in [7, 11) is 0. The highest BCUT2D eigenvalue weighted by Crippen LogP contribution is 2.40. The highest BCUT2D eigenvalue weighted by Gasteiger charge is 2.28. The maximum absolute atomic E-state index is 13.0. The predicted molar refractivity (Wildman–Crippen MR) is 151 cm³/mol. The standard InChI is InChI=1S/C28H25N5O4S2/c1-2-37-27(34)25-22-11-14-32(17-19-7-4-3-5-8-19)18-24(22)38-26(25)31-16-20-15-21(33(35)36)9-10-23(20)39-28-29-12-6-13-30-28/h3-10,12-13,15-16H,2,11,14,17-18H2,1H3. The van der Waals surface area contributed by atoms with Crippen LogP contribution in [-0.2, 0) is 24.2 Å². The van der Waals surface area contributed by atoms with Crippen molar-refractivity contribution in [3.05, 3.63) is 104 Å². The number of fused-ring (bicyclic) bond motifs is 1. The van der Waals surface area contributed by atoms with Gasteiger partial charge in [-0.2, -0.15) is 0 Å². The normalized spacial score (nSPS) is 13.4. The average molecular weight is 560 g/mol. The third-order valence-electron chi connectivity index (χ3n) is 6.11. The van der Waals surface area contributed by atoms with E-state index in [0.29, 0.717) is 39.1 Å². The average Bonchev–Trinajstić information content (AvgIpc) is 3.31. The molecular weight excluding hydrogens is 534 g/mol. The Labute approximate surface area is 233 Å². The molecule has 2 aromatic carbocycles. The minimum absolute atomic E-state index is 0.0533. The van der Waals surface area contributed by atoms with Crippen LogP contribution in [0.4, 0.5) is 10.7 Å². The fraction of sp³-hybridized carbons (Fsp3) is 0.214. The van der Waals surface area contributed by atoms with Crippen molar-refractivity contribution in [2.24, 2.45) is 4.99 Å². The Balaban J connectivity index is 1.48. The maximum atomic E-state index is 13.0. The molecule has 0 atom stereocenters. The van der Waals surface area contributed by atoms with Gasteiger partial charge in [0.05, 0.1) is 17.1 Å². The zero-order valence-electron chi connectivity index (χ0n) is 21.1. The topological polar surface area (TPSA) is 111 Å². The Hall–Kier alpha value is -3.93. The lowest BCUT2D eigenvalue weighted by Gasteiger charge is -2.27. The smallest absolute Gasteiger partial charge is 0.341 e. The Morgan fingerprint density at radius 2 is 2.00 bits per heavy atom. The van der Waals surface area contributed by atoms with Gasteiger partial charge >= 0.3 is 5.97 Å². The molecule has 11 heteroatoms. The van der Waals surface area contributed by atoms with Gasteiger partial charge in [-0.15, -0.1) is 11.3 Å². The summed E-state index contributed by atoms with van der Waals surface area (Å²) in [5.74, 6) is -0.398. The number of hydrogen-bond donors (Lipinski definition) is 0. The SMILES string of the molecule is CCOC(=O)c1c(N=Cc2cc([N+](=O)[O-])ccc2Sc2ncccn2)sc2c1CCN(Cc1ccccc1)C2. The van der Waals surface area contributed by atoms with E-state index in [9.17, 15) is 14.9 Å². The van der Waals surface area contributed by atoms with Gasteiger partial charge in [0.25, 0.3) is 5.69 Å². The van der Waals surface area contributed by atoms with Crippen molar-refractivity contribution in [1.82, 2.24) is 14.9 Å². The first-order valence-electron chi connectivity index (χ1n) is 12.4. The maximum Gasteiger partial charge on any atom is 0.341 e. The minimum Gasteiger partial charge on any atom is -0.462 e. The van der Waals surface area contributed by atoms with Crippen LogP contribution >= 0.6 is 23.1 Å². The van der Waals surface area contributed by atoms with Gasteiger partial charge in [-0.1, -0.05) is 30.3 Å². The molecule has 2 aromatic heterocycles. The van der Waals surface area contributed by atoms with Crippen LogP contribution < -0.4 is 0 Å². The molecule has 1 aliphatic rings. The summed E-state index contributed by atoms with van der Waals surface area (Å²) in [6, 6.07) is 16.6. The fourth-order valence-corrected chi connectivity index (χ4v) is 6.34. The van der Waals surface area contributed by atoms with E-state index in [0.717, 1.165) is 23.5 Å². The number of ether oxygens (including phenoxy) is 1. The number of aliphatic imine (C=N–C) groups is 1. The van der Waals surface area contributed by atoms with E-state index in [1.165, 1.54) is 40.8 Å². The van der Waals surface area contributed by atoms with Crippen LogP contribution in [0.5, 0.6) is 0 Å². The van der Waals surface area contributed by atoms with Gasteiger partial charge in [-0.25, -0.2) is 19.8 Å². The number of rotatable bonds is 9. The number of nitro benzene ring substituents is 1. The monoisotopic (exact) mass is 559 g/mol. The molecule has 0 unspecified atom stereocenters. The van der Waals surface area contributed by atoms with Gasteiger partial charge in [0.1, 0.15) is 5.00 Å². The van der Waals surface area contributed by atoms with E-state index >= 15 is 0 Å². The Bertz CT molecular complexity index is 1510. The van der Waals surface area contributed by atoms with Gasteiger partial charge in [-0.3, -0.25) is 15.0 Å². The van der Waals surface area contributed by atoms with Crippen LogP contribution in [0.15, 0.2) is 82.0 Å². The number of carbonyl (C=O) groups is 1. The molecule has 0 bridgehead atoms. The molecule has 9 nitrogen and oxygen atoms in total. The number of nitrogens with zero attached hydrogens (tertiary/aromatic N) is 5. The zero-order chi connectivity index (χ0) is 27.2. The molecule has 198 valence electrons. The summed E-state index contributed by atoms with van der Waals surface area (Å²) in [6.45, 7) is 4.38. The number of nitro groups is 1. The number of esters is 1. The summed E-state index contributed by atoms with van der Waals surface area (Å²) < 4.78 is 5.39. The minimum atomic E-state index is -0.444. The fourth-order valence-electron chi connectivity index (χ4n) is 4.33. The van der Waals surface area contributed by atoms with Gasteiger partial charge in [0.2, 0.25) is 0 Å². The van der Waals surface area contributed by atoms with Gasteiger partial charge in [0, 0.05) is 65.7 Å². The molecule has 4 aromatic rings. The van der Waals surface area contributed by atoms with E-state index in [-0.39, 0.29) is 12.3 Å². The van der Waals surface area contributed by atoms with E-state index < -0.39 is 10.9 Å². The van der Waals surface area contributed by atoms with E-state index in [2.05, 4.69) is 27.0 Å². The molecule has 1 aliphatic heterocycles. The zero-order valence-corrected chi connectivity index (χ0v) is 22.8. The van der Waals surface area contributed by atoms with E-state index in [4.69, 9.17) is 9.73 Å². The second-order valence-electron chi connectivity index (χ2n) is 8.72. The van der Waals surface area contributed by atoms with Crippen LogP contribution in [0.3, 0.4) is 0 Å². The highest BCUT2D eigenvalue weighted by atomic mass is 32.2. The lowest BCUT2D eigenvalue weighted by molar-refractivity contribution is -0.384. The molecular formula is C28H25N5O4S2. The second kappa shape index (κ2) is 12.3. The van der Waals surface area contributed by atoms with Crippen LogP contribution in [0.25, 0.3) is 0 Å². The van der Waals surface area contributed by atoms with Crippen molar-refractivity contribution in [3.8, 4) is 0 Å². The van der Waals surface area contributed by atoms with Crippen LogP contribution in [0.2, 0.25) is 0 Å². The first-order valence-corrected chi connectivity index (χ1v) is 14.0. The van der Waals surface area contributed by atoms with Crippen LogP contribution in [0.1, 0.15) is 38.8 Å². The lowest BCUT2D eigenvalue weighted by Crippen LogP contribution is -2.29. The molecule has 5 rings (SSSR count).